The first kappa shape index (κ1) is 12.5. The highest BCUT2D eigenvalue weighted by atomic mass is 16.5. The van der Waals surface area contributed by atoms with Crippen molar-refractivity contribution in [2.45, 2.75) is 19.4 Å². The Balaban J connectivity index is 2.63. The van der Waals surface area contributed by atoms with Crippen LogP contribution in [0.25, 0.3) is 0 Å². The van der Waals surface area contributed by atoms with Gasteiger partial charge < -0.3 is 15.2 Å². The quantitative estimate of drug-likeness (QED) is 0.776. The summed E-state index contributed by atoms with van der Waals surface area (Å²) in [5.74, 6) is -0.907. The molecule has 0 saturated carbocycles. The second-order valence-electron chi connectivity index (χ2n) is 3.59. The maximum Gasteiger partial charge on any atom is 0.335 e. The van der Waals surface area contributed by atoms with E-state index in [4.69, 9.17) is 9.84 Å². The number of anilines is 1. The standard InChI is InChI=1S/C12H17NO3/c1-3-10(8-16-2)13-11-6-4-9(5-7-11)12(14)15/h4-7,10,13H,3,8H2,1-2H3,(H,14,15). The summed E-state index contributed by atoms with van der Waals surface area (Å²) in [6.45, 7) is 2.71. The fraction of sp³-hybridized carbons (Fsp3) is 0.417. The van der Waals surface area contributed by atoms with Gasteiger partial charge in [0.2, 0.25) is 0 Å². The van der Waals surface area contributed by atoms with Crippen LogP contribution < -0.4 is 5.32 Å². The van der Waals surface area contributed by atoms with Gasteiger partial charge >= 0.3 is 5.97 Å². The first-order valence-corrected chi connectivity index (χ1v) is 5.26. The van der Waals surface area contributed by atoms with Crippen LogP contribution in [0.5, 0.6) is 0 Å². The molecule has 1 aromatic carbocycles. The van der Waals surface area contributed by atoms with Gasteiger partial charge in [-0.2, -0.15) is 0 Å². The van der Waals surface area contributed by atoms with Gasteiger partial charge in [0.05, 0.1) is 12.2 Å². The van der Waals surface area contributed by atoms with E-state index in [1.54, 1.807) is 31.4 Å². The first-order valence-electron chi connectivity index (χ1n) is 5.26. The van der Waals surface area contributed by atoms with Crippen LogP contribution in [0.2, 0.25) is 0 Å². The summed E-state index contributed by atoms with van der Waals surface area (Å²) in [7, 11) is 1.66. The monoisotopic (exact) mass is 223 g/mol. The smallest absolute Gasteiger partial charge is 0.335 e. The highest BCUT2D eigenvalue weighted by molar-refractivity contribution is 5.87. The number of benzene rings is 1. The van der Waals surface area contributed by atoms with Crippen LogP contribution in [0.4, 0.5) is 5.69 Å². The lowest BCUT2D eigenvalue weighted by molar-refractivity contribution is 0.0697. The van der Waals surface area contributed by atoms with E-state index in [-0.39, 0.29) is 6.04 Å². The van der Waals surface area contributed by atoms with Crippen LogP contribution in [0, 0.1) is 0 Å². The van der Waals surface area contributed by atoms with Gasteiger partial charge in [0.15, 0.2) is 0 Å². The number of rotatable bonds is 6. The van der Waals surface area contributed by atoms with Crippen LogP contribution in [0.15, 0.2) is 24.3 Å². The van der Waals surface area contributed by atoms with E-state index in [0.29, 0.717) is 12.2 Å². The molecule has 0 aliphatic heterocycles. The Morgan fingerprint density at radius 3 is 2.50 bits per heavy atom. The Labute approximate surface area is 95.2 Å². The number of hydrogen-bond acceptors (Lipinski definition) is 3. The summed E-state index contributed by atoms with van der Waals surface area (Å²) in [6.07, 6.45) is 0.953. The average molecular weight is 223 g/mol. The van der Waals surface area contributed by atoms with Gasteiger partial charge in [-0.15, -0.1) is 0 Å². The summed E-state index contributed by atoms with van der Waals surface area (Å²) >= 11 is 0. The molecule has 0 aliphatic rings. The molecular formula is C12H17NO3. The van der Waals surface area contributed by atoms with Gasteiger partial charge in [-0.3, -0.25) is 0 Å². The lowest BCUT2D eigenvalue weighted by Crippen LogP contribution is -2.23. The zero-order valence-corrected chi connectivity index (χ0v) is 9.56. The normalized spacial score (nSPS) is 12.1. The zero-order valence-electron chi connectivity index (χ0n) is 9.56. The molecule has 0 aliphatic carbocycles. The lowest BCUT2D eigenvalue weighted by atomic mass is 10.2. The maximum absolute atomic E-state index is 10.7. The Morgan fingerprint density at radius 1 is 1.44 bits per heavy atom. The summed E-state index contributed by atoms with van der Waals surface area (Å²) in [5.41, 5.74) is 1.21. The van der Waals surface area contributed by atoms with Crippen molar-refractivity contribution in [2.24, 2.45) is 0 Å². The van der Waals surface area contributed by atoms with E-state index < -0.39 is 5.97 Å². The lowest BCUT2D eigenvalue weighted by Gasteiger charge is -2.17. The van der Waals surface area contributed by atoms with Gasteiger partial charge in [0.25, 0.3) is 0 Å². The van der Waals surface area contributed by atoms with Gasteiger partial charge in [0, 0.05) is 18.8 Å². The van der Waals surface area contributed by atoms with Crippen molar-refractivity contribution in [1.82, 2.24) is 0 Å². The Bertz CT molecular complexity index is 335. The van der Waals surface area contributed by atoms with Crippen molar-refractivity contribution in [3.8, 4) is 0 Å². The van der Waals surface area contributed by atoms with E-state index in [2.05, 4.69) is 12.2 Å². The summed E-state index contributed by atoms with van der Waals surface area (Å²) < 4.78 is 5.07. The Hall–Kier alpha value is -1.55. The molecule has 88 valence electrons. The molecule has 4 heteroatoms. The molecule has 1 atom stereocenters. The summed E-state index contributed by atoms with van der Waals surface area (Å²) in [5, 5.41) is 12.0. The highest BCUT2D eigenvalue weighted by Crippen LogP contribution is 2.12. The number of carboxylic acid groups (broad SMARTS) is 1. The fourth-order valence-corrected chi connectivity index (χ4v) is 1.41. The highest BCUT2D eigenvalue weighted by Gasteiger charge is 2.06. The van der Waals surface area contributed by atoms with Crippen molar-refractivity contribution >= 4 is 11.7 Å². The molecule has 1 rings (SSSR count). The second-order valence-corrected chi connectivity index (χ2v) is 3.59. The van der Waals surface area contributed by atoms with E-state index in [1.807, 2.05) is 0 Å². The van der Waals surface area contributed by atoms with Crippen LogP contribution >= 0.6 is 0 Å². The third kappa shape index (κ3) is 3.55. The molecule has 0 radical (unpaired) electrons. The molecule has 0 aromatic heterocycles. The predicted octanol–water partition coefficient (Wildman–Crippen LogP) is 2.22. The van der Waals surface area contributed by atoms with Crippen molar-refractivity contribution in [3.63, 3.8) is 0 Å². The molecule has 1 aromatic rings. The topological polar surface area (TPSA) is 58.6 Å². The zero-order chi connectivity index (χ0) is 12.0. The van der Waals surface area contributed by atoms with Crippen LogP contribution in [0.3, 0.4) is 0 Å². The number of nitrogens with one attached hydrogen (secondary N) is 1. The van der Waals surface area contributed by atoms with Gasteiger partial charge in [-0.05, 0) is 30.7 Å². The maximum atomic E-state index is 10.7. The summed E-state index contributed by atoms with van der Waals surface area (Å²) in [4.78, 5) is 10.7. The fourth-order valence-electron chi connectivity index (χ4n) is 1.41. The average Bonchev–Trinajstić information content (AvgIpc) is 2.29. The van der Waals surface area contributed by atoms with Gasteiger partial charge in [-0.1, -0.05) is 6.92 Å². The number of methoxy groups -OCH3 is 1. The van der Waals surface area contributed by atoms with E-state index in [1.165, 1.54) is 0 Å². The van der Waals surface area contributed by atoms with Crippen LogP contribution in [-0.2, 0) is 4.74 Å². The van der Waals surface area contributed by atoms with E-state index in [0.717, 1.165) is 12.1 Å². The molecule has 2 N–H and O–H groups in total. The number of hydrogen-bond donors (Lipinski definition) is 2. The molecule has 0 amide bonds. The minimum Gasteiger partial charge on any atom is -0.478 e. The Kier molecular flexibility index (Phi) is 4.79. The van der Waals surface area contributed by atoms with Gasteiger partial charge in [-0.25, -0.2) is 4.79 Å². The molecule has 0 heterocycles. The second kappa shape index (κ2) is 6.12. The molecule has 4 nitrogen and oxygen atoms in total. The van der Waals surface area contributed by atoms with Crippen molar-refractivity contribution in [3.05, 3.63) is 29.8 Å². The van der Waals surface area contributed by atoms with Crippen LogP contribution in [-0.4, -0.2) is 30.8 Å². The van der Waals surface area contributed by atoms with E-state index >= 15 is 0 Å². The number of aromatic carboxylic acids is 1. The third-order valence-electron chi connectivity index (χ3n) is 2.36. The predicted molar refractivity (Wildman–Crippen MR) is 63.0 cm³/mol. The molecule has 0 fully saturated rings. The minimum absolute atomic E-state index is 0.251. The molecule has 1 unspecified atom stereocenters. The van der Waals surface area contributed by atoms with E-state index in [9.17, 15) is 4.79 Å². The van der Waals surface area contributed by atoms with Crippen LogP contribution in [0.1, 0.15) is 23.7 Å². The number of carbonyl (C=O) groups is 1. The van der Waals surface area contributed by atoms with Crippen molar-refractivity contribution in [1.29, 1.82) is 0 Å². The SMILES string of the molecule is CCC(COC)Nc1ccc(C(=O)O)cc1. The molecule has 16 heavy (non-hydrogen) atoms. The number of carboxylic acids is 1. The number of ether oxygens (including phenoxy) is 1. The minimum atomic E-state index is -0.907. The molecule has 0 spiro atoms. The Morgan fingerprint density at radius 2 is 2.06 bits per heavy atom. The molecular weight excluding hydrogens is 206 g/mol. The van der Waals surface area contributed by atoms with Gasteiger partial charge in [0.1, 0.15) is 0 Å². The third-order valence-corrected chi connectivity index (χ3v) is 2.36. The first-order chi connectivity index (χ1) is 7.67. The van der Waals surface area contributed by atoms with Crippen molar-refractivity contribution in [2.75, 3.05) is 19.0 Å². The van der Waals surface area contributed by atoms with Crippen molar-refractivity contribution < 1.29 is 14.6 Å². The summed E-state index contributed by atoms with van der Waals surface area (Å²) in [6, 6.07) is 6.96. The molecule has 0 saturated heterocycles. The largest absolute Gasteiger partial charge is 0.478 e. The molecule has 0 bridgehead atoms.